The lowest BCUT2D eigenvalue weighted by atomic mass is 10.1. The van der Waals surface area contributed by atoms with Crippen LogP contribution in [0.15, 0.2) is 10.7 Å². The number of oxazole rings is 1. The van der Waals surface area contributed by atoms with Crippen LogP contribution >= 0.6 is 0 Å². The number of anilines is 1. The topological polar surface area (TPSA) is 41.3 Å². The van der Waals surface area contributed by atoms with Gasteiger partial charge in [0.2, 0.25) is 0 Å². The third-order valence-electron chi connectivity index (χ3n) is 3.47. The van der Waals surface area contributed by atoms with E-state index < -0.39 is 0 Å². The first kappa shape index (κ1) is 13.4. The molecule has 1 aliphatic carbocycles. The number of hydrogen-bond acceptors (Lipinski definition) is 4. The molecule has 0 bridgehead atoms. The molecule has 18 heavy (non-hydrogen) atoms. The molecule has 0 radical (unpaired) electrons. The van der Waals surface area contributed by atoms with Gasteiger partial charge in [-0.25, -0.2) is 0 Å². The van der Waals surface area contributed by atoms with Gasteiger partial charge in [0.1, 0.15) is 6.26 Å². The van der Waals surface area contributed by atoms with Gasteiger partial charge in [-0.3, -0.25) is 0 Å². The standard InChI is InChI=1S/C14H25N3O/c1-11(2)9-17(13-6-4-5-7-13)14-16-12(8-15-3)10-18-14/h10-11,13,15H,4-9H2,1-3H3. The summed E-state index contributed by atoms with van der Waals surface area (Å²) in [7, 11) is 1.93. The molecular formula is C14H25N3O. The fourth-order valence-electron chi connectivity index (χ4n) is 2.68. The second-order valence-corrected chi connectivity index (χ2v) is 5.64. The normalized spacial score (nSPS) is 16.7. The summed E-state index contributed by atoms with van der Waals surface area (Å²) in [5.41, 5.74) is 0.985. The van der Waals surface area contributed by atoms with Gasteiger partial charge >= 0.3 is 0 Å². The third-order valence-corrected chi connectivity index (χ3v) is 3.47. The zero-order chi connectivity index (χ0) is 13.0. The summed E-state index contributed by atoms with van der Waals surface area (Å²) in [4.78, 5) is 6.97. The van der Waals surface area contributed by atoms with Crippen molar-refractivity contribution >= 4 is 6.01 Å². The monoisotopic (exact) mass is 251 g/mol. The Labute approximate surface area is 110 Å². The second kappa shape index (κ2) is 6.23. The molecule has 0 spiro atoms. The van der Waals surface area contributed by atoms with E-state index in [1.807, 2.05) is 7.05 Å². The molecule has 0 saturated heterocycles. The SMILES string of the molecule is CNCc1coc(N(CC(C)C)C2CCCC2)n1. The Balaban J connectivity index is 2.10. The van der Waals surface area contributed by atoms with E-state index in [0.717, 1.165) is 24.8 Å². The summed E-state index contributed by atoms with van der Waals surface area (Å²) < 4.78 is 5.67. The van der Waals surface area contributed by atoms with Crippen molar-refractivity contribution in [1.29, 1.82) is 0 Å². The van der Waals surface area contributed by atoms with Crippen LogP contribution in [0.1, 0.15) is 45.2 Å². The molecule has 102 valence electrons. The first-order chi connectivity index (χ1) is 8.70. The zero-order valence-electron chi connectivity index (χ0n) is 11.8. The zero-order valence-corrected chi connectivity index (χ0v) is 11.8. The summed E-state index contributed by atoms with van der Waals surface area (Å²) in [6.07, 6.45) is 6.99. The maximum Gasteiger partial charge on any atom is 0.297 e. The Kier molecular flexibility index (Phi) is 4.64. The third kappa shape index (κ3) is 3.25. The lowest BCUT2D eigenvalue weighted by molar-refractivity contribution is 0.463. The van der Waals surface area contributed by atoms with Crippen LogP contribution in [-0.4, -0.2) is 24.6 Å². The molecule has 2 rings (SSSR count). The highest BCUT2D eigenvalue weighted by atomic mass is 16.4. The van der Waals surface area contributed by atoms with E-state index in [-0.39, 0.29) is 0 Å². The summed E-state index contributed by atoms with van der Waals surface area (Å²) in [5.74, 6) is 0.630. The van der Waals surface area contributed by atoms with Gasteiger partial charge < -0.3 is 14.6 Å². The maximum atomic E-state index is 5.67. The van der Waals surface area contributed by atoms with E-state index in [1.165, 1.54) is 25.7 Å². The van der Waals surface area contributed by atoms with Crippen LogP contribution in [0.2, 0.25) is 0 Å². The van der Waals surface area contributed by atoms with Crippen LogP contribution in [0, 0.1) is 5.92 Å². The first-order valence-electron chi connectivity index (χ1n) is 7.06. The van der Waals surface area contributed by atoms with Crippen LogP contribution in [0.4, 0.5) is 6.01 Å². The largest absolute Gasteiger partial charge is 0.432 e. The Bertz CT molecular complexity index is 356. The highest BCUT2D eigenvalue weighted by Crippen LogP contribution is 2.28. The smallest absolute Gasteiger partial charge is 0.297 e. The number of rotatable bonds is 6. The van der Waals surface area contributed by atoms with Gasteiger partial charge in [-0.1, -0.05) is 26.7 Å². The van der Waals surface area contributed by atoms with Crippen molar-refractivity contribution < 1.29 is 4.42 Å². The summed E-state index contributed by atoms with van der Waals surface area (Å²) in [5, 5.41) is 3.11. The minimum atomic E-state index is 0.619. The van der Waals surface area contributed by atoms with Gasteiger partial charge in [0.05, 0.1) is 5.69 Å². The molecule has 0 atom stereocenters. The van der Waals surface area contributed by atoms with Crippen molar-refractivity contribution in [3.05, 3.63) is 12.0 Å². The van der Waals surface area contributed by atoms with E-state index in [4.69, 9.17) is 4.42 Å². The van der Waals surface area contributed by atoms with E-state index in [0.29, 0.717) is 12.0 Å². The lowest BCUT2D eigenvalue weighted by Gasteiger charge is -2.28. The van der Waals surface area contributed by atoms with Crippen LogP contribution in [-0.2, 0) is 6.54 Å². The van der Waals surface area contributed by atoms with Gasteiger partial charge in [0, 0.05) is 19.1 Å². The van der Waals surface area contributed by atoms with E-state index in [9.17, 15) is 0 Å². The molecule has 1 aromatic rings. The van der Waals surface area contributed by atoms with Gasteiger partial charge in [-0.2, -0.15) is 4.98 Å². The van der Waals surface area contributed by atoms with Gasteiger partial charge in [-0.05, 0) is 25.8 Å². The van der Waals surface area contributed by atoms with Crippen molar-refractivity contribution in [2.75, 3.05) is 18.5 Å². The quantitative estimate of drug-likeness (QED) is 0.844. The van der Waals surface area contributed by atoms with Crippen molar-refractivity contribution in [3.63, 3.8) is 0 Å². The van der Waals surface area contributed by atoms with Crippen LogP contribution in [0.5, 0.6) is 0 Å². The van der Waals surface area contributed by atoms with Gasteiger partial charge in [0.15, 0.2) is 0 Å². The Morgan fingerprint density at radius 1 is 1.44 bits per heavy atom. The lowest BCUT2D eigenvalue weighted by Crippen LogP contribution is -2.36. The molecular weight excluding hydrogens is 226 g/mol. The molecule has 0 aromatic carbocycles. The Morgan fingerprint density at radius 2 is 2.17 bits per heavy atom. The van der Waals surface area contributed by atoms with E-state index in [1.54, 1.807) is 6.26 Å². The van der Waals surface area contributed by atoms with Crippen LogP contribution in [0.25, 0.3) is 0 Å². The Hall–Kier alpha value is -1.03. The fourth-order valence-corrected chi connectivity index (χ4v) is 2.68. The van der Waals surface area contributed by atoms with E-state index >= 15 is 0 Å². The minimum absolute atomic E-state index is 0.619. The summed E-state index contributed by atoms with van der Waals surface area (Å²) in [6, 6.07) is 1.43. The van der Waals surface area contributed by atoms with Crippen LogP contribution in [0.3, 0.4) is 0 Å². The Morgan fingerprint density at radius 3 is 2.78 bits per heavy atom. The number of nitrogens with zero attached hydrogens (tertiary/aromatic N) is 2. The predicted octanol–water partition coefficient (Wildman–Crippen LogP) is 2.80. The predicted molar refractivity (Wildman–Crippen MR) is 73.7 cm³/mol. The van der Waals surface area contributed by atoms with Gasteiger partial charge in [0.25, 0.3) is 6.01 Å². The maximum absolute atomic E-state index is 5.67. The van der Waals surface area contributed by atoms with Crippen molar-refractivity contribution in [3.8, 4) is 0 Å². The van der Waals surface area contributed by atoms with Crippen molar-refractivity contribution in [2.45, 2.75) is 52.1 Å². The molecule has 0 amide bonds. The van der Waals surface area contributed by atoms with Gasteiger partial charge in [-0.15, -0.1) is 0 Å². The first-order valence-corrected chi connectivity index (χ1v) is 7.06. The molecule has 0 unspecified atom stereocenters. The molecule has 1 saturated carbocycles. The number of hydrogen-bond donors (Lipinski definition) is 1. The molecule has 1 aromatic heterocycles. The average Bonchev–Trinajstić information content (AvgIpc) is 2.97. The number of nitrogens with one attached hydrogen (secondary N) is 1. The minimum Gasteiger partial charge on any atom is -0.432 e. The second-order valence-electron chi connectivity index (χ2n) is 5.64. The van der Waals surface area contributed by atoms with E-state index in [2.05, 4.69) is 29.0 Å². The molecule has 1 heterocycles. The molecule has 1 N–H and O–H groups in total. The summed E-state index contributed by atoms with van der Waals surface area (Å²) in [6.45, 7) is 6.30. The highest BCUT2D eigenvalue weighted by molar-refractivity contribution is 5.29. The molecule has 1 fully saturated rings. The van der Waals surface area contributed by atoms with Crippen molar-refractivity contribution in [1.82, 2.24) is 10.3 Å². The average molecular weight is 251 g/mol. The molecule has 4 nitrogen and oxygen atoms in total. The van der Waals surface area contributed by atoms with Crippen molar-refractivity contribution in [2.24, 2.45) is 5.92 Å². The number of aromatic nitrogens is 1. The highest BCUT2D eigenvalue weighted by Gasteiger charge is 2.26. The summed E-state index contributed by atoms with van der Waals surface area (Å²) >= 11 is 0. The fraction of sp³-hybridized carbons (Fsp3) is 0.786. The molecule has 0 aliphatic heterocycles. The van der Waals surface area contributed by atoms with Crippen LogP contribution < -0.4 is 10.2 Å². The molecule has 1 aliphatic rings. The molecule has 4 heteroatoms.